The summed E-state index contributed by atoms with van der Waals surface area (Å²) >= 11 is 0. The van der Waals surface area contributed by atoms with Gasteiger partial charge in [0, 0.05) is 22.4 Å². The highest BCUT2D eigenvalue weighted by atomic mass is 16.4. The fourth-order valence-corrected chi connectivity index (χ4v) is 9.36. The predicted octanol–water partition coefficient (Wildman–Crippen LogP) is 1.23. The van der Waals surface area contributed by atoms with Crippen molar-refractivity contribution in [3.63, 3.8) is 0 Å². The monoisotopic (exact) mass is 586 g/mol. The average Bonchev–Trinajstić information content (AvgIpc) is 3.45. The molecule has 1 aromatic rings. The van der Waals surface area contributed by atoms with Crippen molar-refractivity contribution in [1.82, 2.24) is 0 Å². The molecule has 3 saturated carbocycles. The van der Waals surface area contributed by atoms with Crippen LogP contribution in [0.4, 0.5) is 5.69 Å². The molecule has 0 aromatic heterocycles. The molecule has 0 heterocycles. The smallest absolute Gasteiger partial charge is 0.230 e. The first-order valence-electron chi connectivity index (χ1n) is 14.8. The molecule has 0 saturated heterocycles. The van der Waals surface area contributed by atoms with Crippen LogP contribution < -0.4 is 11.1 Å². The lowest BCUT2D eigenvalue weighted by molar-refractivity contribution is -0.306. The Balaban J connectivity index is 1.73. The quantitative estimate of drug-likeness (QED) is 0.200. The van der Waals surface area contributed by atoms with Gasteiger partial charge in [-0.05, 0) is 48.3 Å². The standard InChI is InChI=1S/C31H42N2O9/c1-12(2)20-23(36)19(26(32)39)24(37)31(42)25(38)21-22(35)18-16(34)11-10-15(33-27(40)14-8-6-7-9-14)17(18)13(3)29(21,4)28(41)30(20,31)5/h10-14,19-21,23,25,28,34,36,38,41-42H,6-9H2,1-5H3,(H2,32,39)(H,33,40)/t13?,19?,20-,21?,23?,25?,28+,29-,30-,31-/m0/s1. The summed E-state index contributed by atoms with van der Waals surface area (Å²) < 4.78 is 0. The number of hydrogen-bond donors (Lipinski definition) is 7. The van der Waals surface area contributed by atoms with Gasteiger partial charge in [0.2, 0.25) is 11.8 Å². The number of ketones is 2. The maximum Gasteiger partial charge on any atom is 0.230 e. The van der Waals surface area contributed by atoms with Gasteiger partial charge < -0.3 is 36.6 Å². The number of Topliss-reactive ketones (excluding diaryl/α,β-unsaturated/α-hetero) is 2. The second kappa shape index (κ2) is 9.83. The summed E-state index contributed by atoms with van der Waals surface area (Å²) in [6.07, 6.45) is -2.14. The molecule has 3 fully saturated rings. The molecular formula is C31H42N2O9. The first-order valence-corrected chi connectivity index (χ1v) is 14.8. The number of aliphatic hydroxyl groups excluding tert-OH is 3. The highest BCUT2D eigenvalue weighted by Crippen LogP contribution is 2.68. The maximum atomic E-state index is 14.3. The molecule has 11 heteroatoms. The Bertz CT molecular complexity index is 1360. The number of nitrogens with two attached hydrogens (primary N) is 1. The average molecular weight is 587 g/mol. The lowest BCUT2D eigenvalue weighted by Crippen LogP contribution is -2.83. The maximum absolute atomic E-state index is 14.3. The number of carbonyl (C=O) groups is 4. The molecule has 11 nitrogen and oxygen atoms in total. The van der Waals surface area contributed by atoms with E-state index < -0.39 is 87.6 Å². The third-order valence-electron chi connectivity index (χ3n) is 11.6. The molecule has 0 aliphatic heterocycles. The molecular weight excluding hydrogens is 544 g/mol. The molecule has 8 N–H and O–H groups in total. The Morgan fingerprint density at radius 2 is 1.67 bits per heavy atom. The number of aliphatic hydroxyl groups is 4. The number of hydrogen-bond acceptors (Lipinski definition) is 9. The number of rotatable bonds is 4. The molecule has 0 radical (unpaired) electrons. The summed E-state index contributed by atoms with van der Waals surface area (Å²) in [5, 5.41) is 61.7. The Kier molecular flexibility index (Phi) is 7.16. The topological polar surface area (TPSA) is 207 Å². The summed E-state index contributed by atoms with van der Waals surface area (Å²) in [5.41, 5.74) is -0.450. The summed E-state index contributed by atoms with van der Waals surface area (Å²) in [6.45, 7) is 8.05. The van der Waals surface area contributed by atoms with Crippen molar-refractivity contribution in [2.75, 3.05) is 5.32 Å². The molecule has 4 aliphatic rings. The van der Waals surface area contributed by atoms with Gasteiger partial charge in [-0.3, -0.25) is 19.2 Å². The van der Waals surface area contributed by atoms with Crippen LogP contribution in [0.5, 0.6) is 5.75 Å². The van der Waals surface area contributed by atoms with Crippen LogP contribution >= 0.6 is 0 Å². The Morgan fingerprint density at radius 3 is 2.21 bits per heavy atom. The van der Waals surface area contributed by atoms with E-state index in [0.717, 1.165) is 25.7 Å². The van der Waals surface area contributed by atoms with Crippen LogP contribution in [0.1, 0.15) is 82.1 Å². The van der Waals surface area contributed by atoms with Crippen molar-refractivity contribution >= 4 is 29.1 Å². The number of carbonyl (C=O) groups excluding carboxylic acids is 4. The fourth-order valence-electron chi connectivity index (χ4n) is 9.36. The van der Waals surface area contributed by atoms with Gasteiger partial charge >= 0.3 is 0 Å². The van der Waals surface area contributed by atoms with Crippen LogP contribution in [0.2, 0.25) is 0 Å². The van der Waals surface area contributed by atoms with Gasteiger partial charge in [0.25, 0.3) is 0 Å². The van der Waals surface area contributed by atoms with E-state index in [1.807, 2.05) is 0 Å². The van der Waals surface area contributed by atoms with Crippen LogP contribution in [0.25, 0.3) is 0 Å². The van der Waals surface area contributed by atoms with Crippen molar-refractivity contribution in [2.45, 2.75) is 90.1 Å². The zero-order valence-electron chi connectivity index (χ0n) is 24.6. The summed E-state index contributed by atoms with van der Waals surface area (Å²) in [5.74, 6) is -9.99. The van der Waals surface area contributed by atoms with Gasteiger partial charge in [0.15, 0.2) is 17.2 Å². The lowest BCUT2D eigenvalue weighted by Gasteiger charge is -2.69. The number of aromatic hydroxyl groups is 1. The van der Waals surface area contributed by atoms with Crippen molar-refractivity contribution < 1.29 is 44.7 Å². The van der Waals surface area contributed by atoms with E-state index in [0.29, 0.717) is 5.69 Å². The first kappa shape index (κ1) is 30.6. The third-order valence-corrected chi connectivity index (χ3v) is 11.6. The Hall–Kier alpha value is -2.86. The number of anilines is 1. The van der Waals surface area contributed by atoms with E-state index >= 15 is 0 Å². The van der Waals surface area contributed by atoms with Crippen LogP contribution in [0.15, 0.2) is 12.1 Å². The van der Waals surface area contributed by atoms with Gasteiger partial charge in [0.1, 0.15) is 17.8 Å². The largest absolute Gasteiger partial charge is 0.507 e. The molecule has 5 unspecified atom stereocenters. The van der Waals surface area contributed by atoms with Gasteiger partial charge in [-0.15, -0.1) is 0 Å². The van der Waals surface area contributed by atoms with Gasteiger partial charge in [-0.2, -0.15) is 0 Å². The molecule has 4 aliphatic carbocycles. The Labute approximate surface area is 244 Å². The van der Waals surface area contributed by atoms with E-state index in [-0.39, 0.29) is 23.0 Å². The van der Waals surface area contributed by atoms with E-state index in [1.54, 1.807) is 27.7 Å². The highest BCUT2D eigenvalue weighted by Gasteiger charge is 2.80. The zero-order valence-corrected chi connectivity index (χ0v) is 24.6. The minimum absolute atomic E-state index is 0.178. The van der Waals surface area contributed by atoms with Gasteiger partial charge in [-0.25, -0.2) is 0 Å². The third kappa shape index (κ3) is 3.60. The summed E-state index contributed by atoms with van der Waals surface area (Å²) in [6, 6.07) is 2.77. The lowest BCUT2D eigenvalue weighted by atomic mass is 9.36. The number of primary amides is 1. The molecule has 10 atom stereocenters. The minimum atomic E-state index is -2.85. The molecule has 0 bridgehead atoms. The number of nitrogens with one attached hydrogen (secondary N) is 1. The second-order valence-corrected chi connectivity index (χ2v) is 13.7. The fraction of sp³-hybridized carbons (Fsp3) is 0.677. The van der Waals surface area contributed by atoms with E-state index in [1.165, 1.54) is 19.1 Å². The normalized spacial score (nSPS) is 41.7. The van der Waals surface area contributed by atoms with E-state index in [4.69, 9.17) is 5.73 Å². The minimum Gasteiger partial charge on any atom is -0.507 e. The summed E-state index contributed by atoms with van der Waals surface area (Å²) in [4.78, 5) is 53.7. The number of amides is 2. The van der Waals surface area contributed by atoms with Crippen LogP contribution in [0.3, 0.4) is 0 Å². The van der Waals surface area contributed by atoms with E-state index in [2.05, 4.69) is 5.32 Å². The molecule has 1 aromatic carbocycles. The van der Waals surface area contributed by atoms with Gasteiger partial charge in [0.05, 0.1) is 23.7 Å². The SMILES string of the molecule is CC(C)[C@H]1C(O)C(C(N)=O)C(=O)[C@]2(O)C(O)C3C(=O)c4c(O)ccc(NC(=O)C5CCCC5)c4C(C)[C@]3(C)[C@@H](O)[C@]12C. The number of phenols is 1. The van der Waals surface area contributed by atoms with Crippen molar-refractivity contribution in [3.05, 3.63) is 23.3 Å². The number of benzene rings is 1. The van der Waals surface area contributed by atoms with Crippen LogP contribution in [-0.4, -0.2) is 72.8 Å². The second-order valence-electron chi connectivity index (χ2n) is 13.7. The predicted molar refractivity (Wildman–Crippen MR) is 150 cm³/mol. The van der Waals surface area contributed by atoms with Crippen molar-refractivity contribution in [2.24, 2.45) is 46.2 Å². The van der Waals surface area contributed by atoms with E-state index in [9.17, 15) is 44.7 Å². The number of phenolic OH excluding ortho intramolecular Hbond substituents is 1. The van der Waals surface area contributed by atoms with Crippen LogP contribution in [-0.2, 0) is 14.4 Å². The summed E-state index contributed by atoms with van der Waals surface area (Å²) in [7, 11) is 0. The first-order chi connectivity index (χ1) is 19.5. The molecule has 0 spiro atoms. The van der Waals surface area contributed by atoms with Crippen molar-refractivity contribution in [3.8, 4) is 5.75 Å². The molecule has 5 rings (SSSR count). The van der Waals surface area contributed by atoms with Gasteiger partial charge in [-0.1, -0.05) is 47.5 Å². The molecule has 42 heavy (non-hydrogen) atoms. The Morgan fingerprint density at radius 1 is 1.07 bits per heavy atom. The van der Waals surface area contributed by atoms with Crippen molar-refractivity contribution in [1.29, 1.82) is 0 Å². The molecule has 230 valence electrons. The molecule has 2 amide bonds. The highest BCUT2D eigenvalue weighted by molar-refractivity contribution is 6.10. The van der Waals surface area contributed by atoms with Crippen LogP contribution in [0, 0.1) is 40.4 Å². The number of fused-ring (bicyclic) bond motifs is 3. The zero-order chi connectivity index (χ0) is 31.3.